The summed E-state index contributed by atoms with van der Waals surface area (Å²) in [7, 11) is 0. The quantitative estimate of drug-likeness (QED) is 0.0486. The van der Waals surface area contributed by atoms with Crippen LogP contribution in [0.5, 0.6) is 0 Å². The summed E-state index contributed by atoms with van der Waals surface area (Å²) in [4.78, 5) is 29.5. The third-order valence-corrected chi connectivity index (χ3v) is 9.97. The summed E-state index contributed by atoms with van der Waals surface area (Å²) in [5.41, 5.74) is 11.7. The minimum absolute atomic E-state index is 0.0377. The maximum atomic E-state index is 12.2. The Morgan fingerprint density at radius 1 is 0.440 bits per heavy atom. The van der Waals surface area contributed by atoms with Gasteiger partial charge in [0.15, 0.2) is 0 Å². The Morgan fingerprint density at radius 2 is 0.780 bits per heavy atom. The predicted molar refractivity (Wildman–Crippen MR) is 213 cm³/mol. The van der Waals surface area contributed by atoms with Crippen molar-refractivity contribution >= 4 is 11.9 Å². The number of esters is 2. The maximum absolute atomic E-state index is 12.2. The third-order valence-electron chi connectivity index (χ3n) is 9.97. The molecule has 0 saturated carbocycles. The van der Waals surface area contributed by atoms with Gasteiger partial charge in [0, 0.05) is 12.8 Å². The highest BCUT2D eigenvalue weighted by Crippen LogP contribution is 2.17. The van der Waals surface area contributed by atoms with Gasteiger partial charge < -0.3 is 30.7 Å². The van der Waals surface area contributed by atoms with Crippen molar-refractivity contribution in [3.63, 3.8) is 0 Å². The number of carbonyl (C=O) groups excluding carboxylic acids is 2. The first-order chi connectivity index (χ1) is 24.1. The van der Waals surface area contributed by atoms with Crippen molar-refractivity contribution in [1.29, 1.82) is 0 Å². The largest absolute Gasteiger partial charge is 0.466 e. The van der Waals surface area contributed by atoms with Crippen LogP contribution in [0.25, 0.3) is 0 Å². The van der Waals surface area contributed by atoms with Gasteiger partial charge in [0.1, 0.15) is 0 Å². The molecule has 0 rings (SSSR count). The second-order valence-electron chi connectivity index (χ2n) is 16.2. The Kier molecular flexibility index (Phi) is 34.0. The van der Waals surface area contributed by atoms with Crippen LogP contribution < -0.4 is 11.5 Å². The number of carbonyl (C=O) groups is 2. The van der Waals surface area contributed by atoms with E-state index in [2.05, 4.69) is 51.3 Å². The van der Waals surface area contributed by atoms with Crippen molar-refractivity contribution in [2.45, 2.75) is 170 Å². The molecule has 4 N–H and O–H groups in total. The van der Waals surface area contributed by atoms with E-state index in [1.807, 2.05) is 0 Å². The second-order valence-corrected chi connectivity index (χ2v) is 16.2. The van der Waals surface area contributed by atoms with Gasteiger partial charge in [-0.2, -0.15) is 0 Å². The van der Waals surface area contributed by atoms with Crippen LogP contribution in [0.1, 0.15) is 170 Å². The Balaban J connectivity index is 4.14. The topological polar surface area (TPSA) is 111 Å². The first kappa shape index (κ1) is 48.8. The van der Waals surface area contributed by atoms with Gasteiger partial charge in [0.25, 0.3) is 0 Å². The maximum Gasteiger partial charge on any atom is 0.305 e. The summed E-state index contributed by atoms with van der Waals surface area (Å²) < 4.78 is 11.0. The van der Waals surface area contributed by atoms with E-state index in [9.17, 15) is 9.59 Å². The van der Waals surface area contributed by atoms with Gasteiger partial charge in [0.05, 0.1) is 13.2 Å². The zero-order valence-electron chi connectivity index (χ0n) is 34.2. The molecule has 50 heavy (non-hydrogen) atoms. The van der Waals surface area contributed by atoms with Gasteiger partial charge in [-0.05, 0) is 140 Å². The molecule has 0 aromatic rings. The summed E-state index contributed by atoms with van der Waals surface area (Å²) in [6, 6.07) is 0. The van der Waals surface area contributed by atoms with E-state index in [1.165, 1.54) is 51.4 Å². The van der Waals surface area contributed by atoms with Crippen molar-refractivity contribution in [3.8, 4) is 0 Å². The van der Waals surface area contributed by atoms with E-state index < -0.39 is 0 Å². The third kappa shape index (κ3) is 33.9. The summed E-state index contributed by atoms with van der Waals surface area (Å²) >= 11 is 0. The fourth-order valence-electron chi connectivity index (χ4n) is 6.46. The molecule has 0 aliphatic rings. The van der Waals surface area contributed by atoms with Crippen LogP contribution in [-0.2, 0) is 19.1 Å². The zero-order chi connectivity index (χ0) is 37.2. The van der Waals surface area contributed by atoms with Crippen molar-refractivity contribution in [2.75, 3.05) is 65.6 Å². The van der Waals surface area contributed by atoms with Crippen LogP contribution in [-0.4, -0.2) is 87.3 Å². The van der Waals surface area contributed by atoms with E-state index in [1.54, 1.807) is 0 Å². The molecule has 8 heteroatoms. The number of nitrogens with zero attached hydrogens (tertiary/aromatic N) is 2. The van der Waals surface area contributed by atoms with Gasteiger partial charge in [-0.25, -0.2) is 0 Å². The lowest BCUT2D eigenvalue weighted by Gasteiger charge is -2.24. The summed E-state index contributed by atoms with van der Waals surface area (Å²) in [6.45, 7) is 22.6. The molecule has 2 unspecified atom stereocenters. The highest BCUT2D eigenvalue weighted by Gasteiger charge is 2.11. The van der Waals surface area contributed by atoms with E-state index in [4.69, 9.17) is 20.9 Å². The lowest BCUT2D eigenvalue weighted by Crippen LogP contribution is -2.31. The Bertz CT molecular complexity index is 704. The monoisotopic (exact) mass is 711 g/mol. The van der Waals surface area contributed by atoms with Crippen LogP contribution in [0, 0.1) is 23.7 Å². The molecule has 0 radical (unpaired) electrons. The van der Waals surface area contributed by atoms with Crippen LogP contribution >= 0.6 is 0 Å². The molecule has 0 aliphatic heterocycles. The minimum Gasteiger partial charge on any atom is -0.466 e. The molecule has 298 valence electrons. The standard InChI is InChI=1S/C42H86N4O4/c1-37(2)19-15-21-39(5)25-35-49-41(47)23-9-7-11-29-45(33-17-27-43)31-13-14-32-46(34-18-28-44)30-12-8-10-24-42(48)50-36-26-40(6)22-16-20-38(3)4/h37-40H,7-36,43-44H2,1-6H3. The zero-order valence-corrected chi connectivity index (χ0v) is 34.2. The van der Waals surface area contributed by atoms with Crippen molar-refractivity contribution in [3.05, 3.63) is 0 Å². The second kappa shape index (κ2) is 34.8. The Labute approximate surface area is 310 Å². The summed E-state index contributed by atoms with van der Waals surface area (Å²) in [5.74, 6) is 2.70. The van der Waals surface area contributed by atoms with Gasteiger partial charge in [-0.15, -0.1) is 0 Å². The molecule has 0 fully saturated rings. The van der Waals surface area contributed by atoms with Crippen LogP contribution in [0.4, 0.5) is 0 Å². The van der Waals surface area contributed by atoms with E-state index in [0.29, 0.717) is 37.9 Å². The fraction of sp³-hybridized carbons (Fsp3) is 0.952. The number of nitrogens with two attached hydrogens (primary N) is 2. The van der Waals surface area contributed by atoms with E-state index in [0.717, 1.165) is 128 Å². The number of hydrogen-bond donors (Lipinski definition) is 2. The van der Waals surface area contributed by atoms with Crippen LogP contribution in [0.2, 0.25) is 0 Å². The molecule has 0 aromatic carbocycles. The summed E-state index contributed by atoms with van der Waals surface area (Å²) in [6.07, 6.45) is 21.1. The molecule has 0 spiro atoms. The molecular formula is C42H86N4O4. The van der Waals surface area contributed by atoms with E-state index in [-0.39, 0.29) is 11.9 Å². The highest BCUT2D eigenvalue weighted by atomic mass is 16.5. The first-order valence-electron chi connectivity index (χ1n) is 21.2. The molecule has 8 nitrogen and oxygen atoms in total. The molecular weight excluding hydrogens is 624 g/mol. The lowest BCUT2D eigenvalue weighted by atomic mass is 9.98. The average Bonchev–Trinajstić information content (AvgIpc) is 3.06. The predicted octanol–water partition coefficient (Wildman–Crippen LogP) is 8.98. The first-order valence-corrected chi connectivity index (χ1v) is 21.2. The average molecular weight is 711 g/mol. The molecule has 2 atom stereocenters. The molecule has 0 heterocycles. The molecule has 0 aliphatic carbocycles. The highest BCUT2D eigenvalue weighted by molar-refractivity contribution is 5.69. The van der Waals surface area contributed by atoms with Crippen molar-refractivity contribution in [1.82, 2.24) is 9.80 Å². The number of rotatable bonds is 37. The normalized spacial score (nSPS) is 13.1. The van der Waals surface area contributed by atoms with E-state index >= 15 is 0 Å². The molecule has 0 amide bonds. The molecule has 0 bridgehead atoms. The summed E-state index contributed by atoms with van der Waals surface area (Å²) in [5, 5.41) is 0. The number of unbranched alkanes of at least 4 members (excludes halogenated alkanes) is 5. The number of hydrogen-bond acceptors (Lipinski definition) is 8. The van der Waals surface area contributed by atoms with Crippen LogP contribution in [0.3, 0.4) is 0 Å². The Morgan fingerprint density at radius 3 is 1.12 bits per heavy atom. The van der Waals surface area contributed by atoms with Crippen molar-refractivity contribution < 1.29 is 19.1 Å². The lowest BCUT2D eigenvalue weighted by molar-refractivity contribution is -0.145. The van der Waals surface area contributed by atoms with Crippen molar-refractivity contribution in [2.24, 2.45) is 35.1 Å². The Hall–Kier alpha value is -1.22. The van der Waals surface area contributed by atoms with Gasteiger partial charge >= 0.3 is 11.9 Å². The van der Waals surface area contributed by atoms with Crippen LogP contribution in [0.15, 0.2) is 0 Å². The fourth-order valence-corrected chi connectivity index (χ4v) is 6.46. The van der Waals surface area contributed by atoms with Gasteiger partial charge in [-0.1, -0.05) is 92.9 Å². The molecule has 0 saturated heterocycles. The SMILES string of the molecule is CC(C)CCCC(C)CCOC(=O)CCCCCN(CCCN)CCCCN(CCCN)CCCCCC(=O)OCCC(C)CCCC(C)C. The number of ether oxygens (including phenoxy) is 2. The van der Waals surface area contributed by atoms with Gasteiger partial charge in [-0.3, -0.25) is 9.59 Å². The molecule has 0 aromatic heterocycles. The minimum atomic E-state index is -0.0377. The smallest absolute Gasteiger partial charge is 0.305 e. The van der Waals surface area contributed by atoms with Gasteiger partial charge in [0.2, 0.25) is 0 Å².